The molecular weight excluding hydrogens is 218 g/mol. The Kier molecular flexibility index (Phi) is 4.17. The zero-order valence-electron chi connectivity index (χ0n) is 8.18. The molecule has 0 aliphatic carbocycles. The van der Waals surface area contributed by atoms with Crippen LogP contribution in [0.2, 0.25) is 0 Å². The number of rotatable bonds is 3. The van der Waals surface area contributed by atoms with Gasteiger partial charge in [-0.15, -0.1) is 12.4 Å². The lowest BCUT2D eigenvalue weighted by molar-refractivity contribution is -0.139. The molecule has 15 heavy (non-hydrogen) atoms. The third kappa shape index (κ3) is 2.97. The van der Waals surface area contributed by atoms with Gasteiger partial charge in [0.15, 0.2) is 0 Å². The minimum Gasteiger partial charge on any atom is -0.480 e. The number of furan rings is 1. The molecule has 1 aromatic rings. The highest BCUT2D eigenvalue weighted by Gasteiger charge is 2.29. The normalized spacial score (nSPS) is 24.8. The minimum atomic E-state index is -0.757. The fourth-order valence-corrected chi connectivity index (χ4v) is 1.87. The van der Waals surface area contributed by atoms with Crippen LogP contribution >= 0.6 is 12.4 Å². The second-order valence-corrected chi connectivity index (χ2v) is 3.68. The van der Waals surface area contributed by atoms with Gasteiger partial charge < -0.3 is 14.8 Å². The summed E-state index contributed by atoms with van der Waals surface area (Å²) in [5.74, 6) is 0.553. The SMILES string of the molecule is Cl.O=C(O)C1CC(Cc2ccco2)CN1. The Labute approximate surface area is 94.1 Å². The van der Waals surface area contributed by atoms with E-state index >= 15 is 0 Å². The van der Waals surface area contributed by atoms with E-state index in [0.29, 0.717) is 12.3 Å². The molecule has 2 heterocycles. The van der Waals surface area contributed by atoms with Crippen LogP contribution < -0.4 is 5.32 Å². The molecule has 0 bridgehead atoms. The van der Waals surface area contributed by atoms with Crippen LogP contribution in [0.4, 0.5) is 0 Å². The molecule has 4 nitrogen and oxygen atoms in total. The lowest BCUT2D eigenvalue weighted by Gasteiger charge is -2.04. The van der Waals surface area contributed by atoms with E-state index in [1.54, 1.807) is 6.26 Å². The molecule has 0 amide bonds. The van der Waals surface area contributed by atoms with Gasteiger partial charge in [-0.25, -0.2) is 0 Å². The van der Waals surface area contributed by atoms with E-state index < -0.39 is 5.97 Å². The van der Waals surface area contributed by atoms with Crippen LogP contribution in [0.5, 0.6) is 0 Å². The van der Waals surface area contributed by atoms with Gasteiger partial charge in [0.1, 0.15) is 11.8 Å². The number of nitrogens with one attached hydrogen (secondary N) is 1. The van der Waals surface area contributed by atoms with E-state index in [2.05, 4.69) is 5.32 Å². The fourth-order valence-electron chi connectivity index (χ4n) is 1.87. The van der Waals surface area contributed by atoms with Gasteiger partial charge in [-0.3, -0.25) is 4.79 Å². The molecule has 2 unspecified atom stereocenters. The standard InChI is InChI=1S/C10H13NO3.ClH/c12-10(13)9-5-7(6-11-9)4-8-2-1-3-14-8;/h1-3,7,9,11H,4-6H2,(H,12,13);1H. The van der Waals surface area contributed by atoms with Crippen molar-refractivity contribution in [2.24, 2.45) is 5.92 Å². The van der Waals surface area contributed by atoms with Crippen LogP contribution in [0, 0.1) is 5.92 Å². The van der Waals surface area contributed by atoms with Crippen LogP contribution in [-0.4, -0.2) is 23.7 Å². The van der Waals surface area contributed by atoms with Gasteiger partial charge in [-0.05, 0) is 31.0 Å². The van der Waals surface area contributed by atoms with Crippen molar-refractivity contribution in [2.45, 2.75) is 18.9 Å². The van der Waals surface area contributed by atoms with Gasteiger partial charge >= 0.3 is 5.97 Å². The van der Waals surface area contributed by atoms with Crippen LogP contribution in [0.3, 0.4) is 0 Å². The first-order valence-corrected chi connectivity index (χ1v) is 4.74. The molecule has 1 aromatic heterocycles. The molecule has 1 aliphatic rings. The van der Waals surface area contributed by atoms with Gasteiger partial charge in [0, 0.05) is 6.42 Å². The van der Waals surface area contributed by atoms with Crippen molar-refractivity contribution < 1.29 is 14.3 Å². The van der Waals surface area contributed by atoms with E-state index in [-0.39, 0.29) is 18.4 Å². The van der Waals surface area contributed by atoms with Crippen molar-refractivity contribution in [2.75, 3.05) is 6.54 Å². The number of hydrogen-bond donors (Lipinski definition) is 2. The maximum atomic E-state index is 10.7. The van der Waals surface area contributed by atoms with Gasteiger partial charge in [-0.2, -0.15) is 0 Å². The summed E-state index contributed by atoms with van der Waals surface area (Å²) in [5, 5.41) is 11.7. The third-order valence-electron chi connectivity index (χ3n) is 2.59. The molecule has 1 saturated heterocycles. The number of hydrogen-bond acceptors (Lipinski definition) is 3. The predicted octanol–water partition coefficient (Wildman–Crippen LogP) is 1.31. The summed E-state index contributed by atoms with van der Waals surface area (Å²) in [7, 11) is 0. The van der Waals surface area contributed by atoms with Gasteiger partial charge in [0.2, 0.25) is 0 Å². The second-order valence-electron chi connectivity index (χ2n) is 3.68. The highest BCUT2D eigenvalue weighted by atomic mass is 35.5. The first kappa shape index (κ1) is 12.1. The van der Waals surface area contributed by atoms with Crippen LogP contribution in [0.25, 0.3) is 0 Å². The molecule has 0 radical (unpaired) electrons. The van der Waals surface area contributed by atoms with Crippen molar-refractivity contribution in [3.8, 4) is 0 Å². The summed E-state index contributed by atoms with van der Waals surface area (Å²) >= 11 is 0. The Balaban J connectivity index is 0.00000112. The summed E-state index contributed by atoms with van der Waals surface area (Å²) in [6.45, 7) is 0.762. The molecule has 0 spiro atoms. The smallest absolute Gasteiger partial charge is 0.320 e. The molecule has 0 saturated carbocycles. The van der Waals surface area contributed by atoms with E-state index in [4.69, 9.17) is 9.52 Å². The molecular formula is C10H14ClNO3. The number of carbonyl (C=O) groups is 1. The second kappa shape index (κ2) is 5.19. The largest absolute Gasteiger partial charge is 0.480 e. The molecule has 1 fully saturated rings. The lowest BCUT2D eigenvalue weighted by Crippen LogP contribution is -2.29. The lowest BCUT2D eigenvalue weighted by atomic mass is 10.0. The maximum Gasteiger partial charge on any atom is 0.320 e. The summed E-state index contributed by atoms with van der Waals surface area (Å²) in [6, 6.07) is 3.40. The molecule has 0 aromatic carbocycles. The number of carboxylic acids is 1. The summed E-state index contributed by atoms with van der Waals surface area (Å²) < 4.78 is 5.22. The van der Waals surface area contributed by atoms with Crippen molar-refractivity contribution in [1.82, 2.24) is 5.32 Å². The summed E-state index contributed by atoms with van der Waals surface area (Å²) in [6.07, 6.45) is 3.16. The molecule has 84 valence electrons. The monoisotopic (exact) mass is 231 g/mol. The zero-order valence-corrected chi connectivity index (χ0v) is 9.00. The van der Waals surface area contributed by atoms with Crippen molar-refractivity contribution in [1.29, 1.82) is 0 Å². The van der Waals surface area contributed by atoms with Gasteiger partial charge in [0.25, 0.3) is 0 Å². The van der Waals surface area contributed by atoms with Crippen LogP contribution in [0.1, 0.15) is 12.2 Å². The Morgan fingerprint density at radius 2 is 2.47 bits per heavy atom. The number of aliphatic carboxylic acids is 1. The van der Waals surface area contributed by atoms with Crippen molar-refractivity contribution in [3.63, 3.8) is 0 Å². The molecule has 5 heteroatoms. The van der Waals surface area contributed by atoms with E-state index in [1.807, 2.05) is 12.1 Å². The topological polar surface area (TPSA) is 62.5 Å². The van der Waals surface area contributed by atoms with Crippen molar-refractivity contribution >= 4 is 18.4 Å². The number of carboxylic acid groups (broad SMARTS) is 1. The first-order valence-electron chi connectivity index (χ1n) is 4.74. The average molecular weight is 232 g/mol. The van der Waals surface area contributed by atoms with Crippen LogP contribution in [-0.2, 0) is 11.2 Å². The van der Waals surface area contributed by atoms with E-state index in [1.165, 1.54) is 0 Å². The highest BCUT2D eigenvalue weighted by Crippen LogP contribution is 2.19. The maximum absolute atomic E-state index is 10.7. The minimum absolute atomic E-state index is 0. The van der Waals surface area contributed by atoms with Gasteiger partial charge in [0.05, 0.1) is 6.26 Å². The average Bonchev–Trinajstić information content (AvgIpc) is 2.75. The first-order chi connectivity index (χ1) is 6.75. The van der Waals surface area contributed by atoms with Crippen LogP contribution in [0.15, 0.2) is 22.8 Å². The quantitative estimate of drug-likeness (QED) is 0.823. The van der Waals surface area contributed by atoms with E-state index in [9.17, 15) is 4.79 Å². The zero-order chi connectivity index (χ0) is 9.97. The molecule has 2 N–H and O–H groups in total. The Bertz CT molecular complexity index is 312. The summed E-state index contributed by atoms with van der Waals surface area (Å²) in [4.78, 5) is 10.7. The number of halogens is 1. The molecule has 1 aliphatic heterocycles. The predicted molar refractivity (Wildman–Crippen MR) is 57.2 cm³/mol. The summed E-state index contributed by atoms with van der Waals surface area (Å²) in [5.41, 5.74) is 0. The Morgan fingerprint density at radius 3 is 3.00 bits per heavy atom. The Hall–Kier alpha value is -1.00. The Morgan fingerprint density at radius 1 is 1.67 bits per heavy atom. The van der Waals surface area contributed by atoms with Crippen molar-refractivity contribution in [3.05, 3.63) is 24.2 Å². The fraction of sp³-hybridized carbons (Fsp3) is 0.500. The molecule has 2 atom stereocenters. The third-order valence-corrected chi connectivity index (χ3v) is 2.59. The molecule has 2 rings (SSSR count). The highest BCUT2D eigenvalue weighted by molar-refractivity contribution is 5.85. The van der Waals surface area contributed by atoms with Gasteiger partial charge in [-0.1, -0.05) is 0 Å². The van der Waals surface area contributed by atoms with E-state index in [0.717, 1.165) is 18.7 Å².